The van der Waals surface area contributed by atoms with E-state index in [1.165, 1.54) is 12.1 Å². The number of nitrogens with one attached hydrogen (secondary N) is 1. The highest BCUT2D eigenvalue weighted by Crippen LogP contribution is 2.32. The van der Waals surface area contributed by atoms with E-state index < -0.39 is 28.0 Å². The zero-order chi connectivity index (χ0) is 21.3. The molecule has 0 atom stereocenters. The van der Waals surface area contributed by atoms with Gasteiger partial charge in [-0.15, -0.1) is 0 Å². The third-order valence-corrected chi connectivity index (χ3v) is 4.05. The average molecular weight is 410 g/mol. The van der Waals surface area contributed by atoms with Crippen LogP contribution in [0.15, 0.2) is 30.5 Å². The SMILES string of the molecule is CC(C)(C)OC(=O)NC(C)(C)c1ccc(-c2ncc([N+](=O)[O-])cc2Cl)cc1F. The van der Waals surface area contributed by atoms with Crippen LogP contribution in [0.4, 0.5) is 14.9 Å². The number of hydrogen-bond acceptors (Lipinski definition) is 5. The molecular weight excluding hydrogens is 389 g/mol. The molecule has 2 aromatic rings. The standard InChI is InChI=1S/C19H21ClFN3O4/c1-18(2,3)28-17(25)23-19(4,5)13-7-6-11(8-15(13)21)16-14(20)9-12(10-22-16)24(26)27/h6-10H,1-5H3,(H,23,25). The number of alkyl carbamates (subject to hydrolysis) is 1. The maximum atomic E-state index is 14.8. The van der Waals surface area contributed by atoms with Gasteiger partial charge in [-0.25, -0.2) is 14.2 Å². The van der Waals surface area contributed by atoms with Crippen LogP contribution in [-0.2, 0) is 10.3 Å². The van der Waals surface area contributed by atoms with E-state index >= 15 is 0 Å². The van der Waals surface area contributed by atoms with Gasteiger partial charge in [-0.3, -0.25) is 10.1 Å². The molecular formula is C19H21ClFN3O4. The molecule has 1 aromatic heterocycles. The molecule has 1 amide bonds. The summed E-state index contributed by atoms with van der Waals surface area (Å²) >= 11 is 6.06. The molecule has 1 heterocycles. The summed E-state index contributed by atoms with van der Waals surface area (Å²) in [6, 6.07) is 5.45. The molecule has 0 spiro atoms. The normalized spacial score (nSPS) is 11.8. The second kappa shape index (κ2) is 7.71. The lowest BCUT2D eigenvalue weighted by Gasteiger charge is -2.29. The van der Waals surface area contributed by atoms with Crippen molar-refractivity contribution in [1.82, 2.24) is 10.3 Å². The molecule has 0 unspecified atom stereocenters. The summed E-state index contributed by atoms with van der Waals surface area (Å²) in [7, 11) is 0. The van der Waals surface area contributed by atoms with Crippen molar-refractivity contribution in [3.05, 3.63) is 57.0 Å². The highest BCUT2D eigenvalue weighted by atomic mass is 35.5. The number of nitrogens with zero attached hydrogens (tertiary/aromatic N) is 2. The molecule has 0 fully saturated rings. The maximum Gasteiger partial charge on any atom is 0.408 e. The van der Waals surface area contributed by atoms with E-state index in [-0.39, 0.29) is 22.0 Å². The lowest BCUT2D eigenvalue weighted by Crippen LogP contribution is -2.44. The van der Waals surface area contributed by atoms with Gasteiger partial charge in [-0.2, -0.15) is 0 Å². The first-order chi connectivity index (χ1) is 12.8. The molecule has 0 saturated carbocycles. The zero-order valence-electron chi connectivity index (χ0n) is 16.2. The molecule has 2 rings (SSSR count). The number of hydrogen-bond donors (Lipinski definition) is 1. The van der Waals surface area contributed by atoms with E-state index in [1.54, 1.807) is 40.7 Å². The van der Waals surface area contributed by atoms with Crippen LogP contribution in [-0.4, -0.2) is 21.6 Å². The number of carbonyl (C=O) groups is 1. The van der Waals surface area contributed by atoms with E-state index in [4.69, 9.17) is 16.3 Å². The number of benzene rings is 1. The maximum absolute atomic E-state index is 14.8. The van der Waals surface area contributed by atoms with Gasteiger partial charge in [0.05, 0.1) is 21.2 Å². The number of pyridine rings is 1. The smallest absolute Gasteiger partial charge is 0.408 e. The van der Waals surface area contributed by atoms with Crippen LogP contribution in [0, 0.1) is 15.9 Å². The Bertz CT molecular complexity index is 926. The second-order valence-corrected chi connectivity index (χ2v) is 8.13. The quantitative estimate of drug-likeness (QED) is 0.552. The summed E-state index contributed by atoms with van der Waals surface area (Å²) in [6.07, 6.45) is 0.391. The summed E-state index contributed by atoms with van der Waals surface area (Å²) in [5.74, 6) is -0.588. The Morgan fingerprint density at radius 2 is 1.89 bits per heavy atom. The number of ether oxygens (including phenoxy) is 1. The Labute approximate surface area is 167 Å². The molecule has 0 aliphatic heterocycles. The number of aromatic nitrogens is 1. The average Bonchev–Trinajstić information content (AvgIpc) is 2.51. The molecule has 1 aromatic carbocycles. The lowest BCUT2D eigenvalue weighted by molar-refractivity contribution is -0.385. The summed E-state index contributed by atoms with van der Waals surface area (Å²) in [6.45, 7) is 8.49. The topological polar surface area (TPSA) is 94.4 Å². The van der Waals surface area contributed by atoms with Gasteiger partial charge in [0, 0.05) is 17.2 Å². The fourth-order valence-corrected chi connectivity index (χ4v) is 2.81. The van der Waals surface area contributed by atoms with Crippen LogP contribution in [0.25, 0.3) is 11.3 Å². The van der Waals surface area contributed by atoms with Gasteiger partial charge < -0.3 is 10.1 Å². The number of amides is 1. The summed E-state index contributed by atoms with van der Waals surface area (Å²) in [5.41, 5.74) is -1.17. The van der Waals surface area contributed by atoms with Gasteiger partial charge in [-0.05, 0) is 40.7 Å². The van der Waals surface area contributed by atoms with Crippen molar-refractivity contribution < 1.29 is 18.8 Å². The van der Waals surface area contributed by atoms with Crippen LogP contribution in [0.5, 0.6) is 0 Å². The van der Waals surface area contributed by atoms with Crippen LogP contribution in [0.1, 0.15) is 40.2 Å². The van der Waals surface area contributed by atoms with Gasteiger partial charge >= 0.3 is 6.09 Å². The van der Waals surface area contributed by atoms with Crippen LogP contribution in [0.3, 0.4) is 0 Å². The Kier molecular flexibility index (Phi) is 5.94. The largest absolute Gasteiger partial charge is 0.444 e. The van der Waals surface area contributed by atoms with Gasteiger partial charge in [-0.1, -0.05) is 23.7 Å². The Balaban J connectivity index is 2.31. The number of rotatable bonds is 4. The predicted molar refractivity (Wildman–Crippen MR) is 104 cm³/mol. The van der Waals surface area contributed by atoms with Gasteiger partial charge in [0.25, 0.3) is 5.69 Å². The monoisotopic (exact) mass is 409 g/mol. The van der Waals surface area contributed by atoms with E-state index in [2.05, 4.69) is 10.3 Å². The number of carbonyl (C=O) groups excluding carboxylic acids is 1. The Morgan fingerprint density at radius 1 is 1.25 bits per heavy atom. The minimum atomic E-state index is -1.04. The molecule has 0 aliphatic carbocycles. The van der Waals surface area contributed by atoms with Crippen molar-refractivity contribution >= 4 is 23.4 Å². The molecule has 150 valence electrons. The first kappa shape index (κ1) is 21.6. The summed E-state index contributed by atoms with van der Waals surface area (Å²) in [4.78, 5) is 26.2. The highest BCUT2D eigenvalue weighted by molar-refractivity contribution is 6.33. The zero-order valence-corrected chi connectivity index (χ0v) is 16.9. The molecule has 0 aliphatic rings. The summed E-state index contributed by atoms with van der Waals surface area (Å²) in [5, 5.41) is 13.5. The molecule has 0 saturated heterocycles. The first-order valence-corrected chi connectivity index (χ1v) is 8.79. The van der Waals surface area contributed by atoms with E-state index in [9.17, 15) is 19.3 Å². The van der Waals surface area contributed by atoms with Crippen LogP contribution in [0.2, 0.25) is 5.02 Å². The molecule has 28 heavy (non-hydrogen) atoms. The van der Waals surface area contributed by atoms with Crippen molar-refractivity contribution in [2.75, 3.05) is 0 Å². The molecule has 7 nitrogen and oxygen atoms in total. The van der Waals surface area contributed by atoms with Gasteiger partial charge in [0.15, 0.2) is 0 Å². The van der Waals surface area contributed by atoms with Crippen LogP contribution >= 0.6 is 11.6 Å². The van der Waals surface area contributed by atoms with Crippen LogP contribution < -0.4 is 5.32 Å². The van der Waals surface area contributed by atoms with Crippen molar-refractivity contribution in [1.29, 1.82) is 0 Å². The van der Waals surface area contributed by atoms with E-state index in [0.29, 0.717) is 5.56 Å². The Hall–Kier alpha value is -2.74. The van der Waals surface area contributed by atoms with Gasteiger partial charge in [0.1, 0.15) is 17.6 Å². The predicted octanol–water partition coefficient (Wildman–Crippen LogP) is 5.21. The number of halogens is 2. The van der Waals surface area contributed by atoms with Crippen molar-refractivity contribution in [3.63, 3.8) is 0 Å². The first-order valence-electron chi connectivity index (χ1n) is 8.41. The third kappa shape index (κ3) is 5.16. The molecule has 0 radical (unpaired) electrons. The Morgan fingerprint density at radius 3 is 2.39 bits per heavy atom. The minimum Gasteiger partial charge on any atom is -0.444 e. The highest BCUT2D eigenvalue weighted by Gasteiger charge is 2.29. The van der Waals surface area contributed by atoms with E-state index in [1.807, 2.05) is 0 Å². The van der Waals surface area contributed by atoms with Crippen molar-refractivity contribution in [3.8, 4) is 11.3 Å². The van der Waals surface area contributed by atoms with Crippen molar-refractivity contribution in [2.24, 2.45) is 0 Å². The fraction of sp³-hybridized carbons (Fsp3) is 0.368. The fourth-order valence-electron chi connectivity index (χ4n) is 2.54. The molecule has 0 bridgehead atoms. The number of nitro groups is 1. The van der Waals surface area contributed by atoms with Crippen molar-refractivity contribution in [2.45, 2.75) is 45.8 Å². The third-order valence-electron chi connectivity index (χ3n) is 3.77. The molecule has 1 N–H and O–H groups in total. The minimum absolute atomic E-state index is 0.0347. The summed E-state index contributed by atoms with van der Waals surface area (Å²) < 4.78 is 20.0. The van der Waals surface area contributed by atoms with E-state index in [0.717, 1.165) is 12.3 Å². The molecule has 9 heteroatoms. The lowest BCUT2D eigenvalue weighted by atomic mass is 9.92. The second-order valence-electron chi connectivity index (χ2n) is 7.73. The van der Waals surface area contributed by atoms with Gasteiger partial charge in [0.2, 0.25) is 0 Å².